The van der Waals surface area contributed by atoms with Crippen LogP contribution in [0.4, 0.5) is 0 Å². The maximum atomic E-state index is 13.9. The van der Waals surface area contributed by atoms with Gasteiger partial charge < -0.3 is 9.64 Å². The molecule has 0 saturated carbocycles. The summed E-state index contributed by atoms with van der Waals surface area (Å²) >= 11 is 5.67. The number of fused-ring (bicyclic) bond motifs is 1. The number of nitrogens with zero attached hydrogens (tertiary/aromatic N) is 2. The van der Waals surface area contributed by atoms with Crippen LogP contribution < -0.4 is 0 Å². The van der Waals surface area contributed by atoms with Crippen LogP contribution >= 0.6 is 11.6 Å². The molecule has 0 bridgehead atoms. The Morgan fingerprint density at radius 3 is 2.15 bits per heavy atom. The number of aromatic nitrogens is 1. The number of Topliss-reactive ketones (excluding diaryl/α,β-unsaturated/α-hetero) is 2. The van der Waals surface area contributed by atoms with Crippen molar-refractivity contribution in [1.29, 1.82) is 0 Å². The number of hydrogen-bond acceptors (Lipinski definition) is 7. The third-order valence-corrected chi connectivity index (χ3v) is 9.27. The Morgan fingerprint density at radius 2 is 1.62 bits per heavy atom. The lowest BCUT2D eigenvalue weighted by atomic mass is 9.89. The number of pyridine rings is 1. The predicted molar refractivity (Wildman–Crippen MR) is 145 cm³/mol. The molecule has 2 saturated heterocycles. The van der Waals surface area contributed by atoms with E-state index in [1.165, 1.54) is 13.0 Å². The molecule has 0 spiro atoms. The number of rotatable bonds is 8. The van der Waals surface area contributed by atoms with Gasteiger partial charge in [0, 0.05) is 6.20 Å². The zero-order valence-electron chi connectivity index (χ0n) is 20.7. The number of ether oxygens (including phenoxy) is 1. The van der Waals surface area contributed by atoms with E-state index in [2.05, 4.69) is 4.98 Å². The number of hydrogen-bond donors (Lipinski definition) is 0. The standard InChI is InChI=1S/C29H23ClN2O6S/c1-29(25(34)22(33)17-30)24(32-26(35)21(27(32)39(29)37)16-20-14-8-9-15-31-20)28(36)38-23(18-10-4-2-5-11-18)19-12-6-3-7-13-19/h2-16,23-24,27H,17H2,1H3/b21-16-/t24-,27?,29+,39?/m0/s1. The van der Waals surface area contributed by atoms with E-state index >= 15 is 0 Å². The Hall–Kier alpha value is -3.95. The second-order valence-corrected chi connectivity index (χ2v) is 11.4. The first kappa shape index (κ1) is 26.6. The van der Waals surface area contributed by atoms with Crippen molar-refractivity contribution in [2.75, 3.05) is 5.88 Å². The van der Waals surface area contributed by atoms with Crippen molar-refractivity contribution >= 4 is 51.9 Å². The number of halogens is 1. The van der Waals surface area contributed by atoms with E-state index in [4.69, 9.17) is 16.3 Å². The summed E-state index contributed by atoms with van der Waals surface area (Å²) in [4.78, 5) is 58.3. The molecular weight excluding hydrogens is 540 g/mol. The molecule has 0 radical (unpaired) electrons. The highest BCUT2D eigenvalue weighted by molar-refractivity contribution is 7.89. The van der Waals surface area contributed by atoms with Gasteiger partial charge in [-0.15, -0.1) is 11.6 Å². The largest absolute Gasteiger partial charge is 0.451 e. The number of ketones is 2. The van der Waals surface area contributed by atoms with Crippen LogP contribution in [0.2, 0.25) is 0 Å². The highest BCUT2D eigenvalue weighted by Gasteiger charge is 2.71. The zero-order chi connectivity index (χ0) is 27.7. The van der Waals surface area contributed by atoms with Crippen LogP contribution in [0, 0.1) is 0 Å². The van der Waals surface area contributed by atoms with Gasteiger partial charge in [0.05, 0.1) is 27.9 Å². The van der Waals surface area contributed by atoms with Crippen LogP contribution in [-0.2, 0) is 34.7 Å². The average molecular weight is 563 g/mol. The molecule has 198 valence electrons. The smallest absolute Gasteiger partial charge is 0.331 e. The zero-order valence-corrected chi connectivity index (χ0v) is 22.3. The average Bonchev–Trinajstić information content (AvgIpc) is 3.19. The predicted octanol–water partition coefficient (Wildman–Crippen LogP) is 3.23. The van der Waals surface area contributed by atoms with E-state index in [-0.39, 0.29) is 5.57 Å². The fourth-order valence-electron chi connectivity index (χ4n) is 4.93. The monoisotopic (exact) mass is 562 g/mol. The molecule has 2 aromatic carbocycles. The number of benzene rings is 2. The molecule has 10 heteroatoms. The van der Waals surface area contributed by atoms with Crippen molar-refractivity contribution in [3.63, 3.8) is 0 Å². The maximum Gasteiger partial charge on any atom is 0.331 e. The van der Waals surface area contributed by atoms with Crippen molar-refractivity contribution in [2.45, 2.75) is 29.2 Å². The van der Waals surface area contributed by atoms with Crippen molar-refractivity contribution < 1.29 is 28.1 Å². The van der Waals surface area contributed by atoms with Gasteiger partial charge in [0.2, 0.25) is 11.6 Å². The third kappa shape index (κ3) is 4.51. The van der Waals surface area contributed by atoms with Crippen LogP contribution in [-0.4, -0.2) is 59.6 Å². The second-order valence-electron chi connectivity index (χ2n) is 9.25. The van der Waals surface area contributed by atoms with Gasteiger partial charge >= 0.3 is 5.97 Å². The molecule has 5 rings (SSSR count). The Morgan fingerprint density at radius 1 is 1.03 bits per heavy atom. The topological polar surface area (TPSA) is 111 Å². The van der Waals surface area contributed by atoms with Crippen LogP contribution in [0.15, 0.2) is 90.6 Å². The first-order valence-electron chi connectivity index (χ1n) is 12.1. The Labute approximate surface area is 232 Å². The van der Waals surface area contributed by atoms with Gasteiger partial charge in [-0.05, 0) is 36.3 Å². The van der Waals surface area contributed by atoms with Crippen LogP contribution in [0.25, 0.3) is 6.08 Å². The maximum absolute atomic E-state index is 13.9. The van der Waals surface area contributed by atoms with Gasteiger partial charge in [0.25, 0.3) is 5.91 Å². The van der Waals surface area contributed by atoms with Gasteiger partial charge in [-0.1, -0.05) is 66.7 Å². The lowest BCUT2D eigenvalue weighted by Crippen LogP contribution is -2.61. The molecule has 8 nitrogen and oxygen atoms in total. The minimum atomic E-state index is -2.17. The van der Waals surface area contributed by atoms with Gasteiger partial charge in [0.15, 0.2) is 12.1 Å². The SMILES string of the molecule is C[C@]1(C(=O)C(=O)CCl)[C@H](C(=O)OC(c2ccccc2)c2ccccc2)N2C(=O)/C(=C/c3ccccn3)C2S1=O. The van der Waals surface area contributed by atoms with Crippen molar-refractivity contribution in [3.8, 4) is 0 Å². The van der Waals surface area contributed by atoms with E-state index in [0.29, 0.717) is 16.8 Å². The van der Waals surface area contributed by atoms with E-state index in [1.807, 2.05) is 12.1 Å². The second kappa shape index (κ2) is 10.7. The molecule has 2 aliphatic heterocycles. The van der Waals surface area contributed by atoms with Gasteiger partial charge in [-0.25, -0.2) is 4.79 Å². The molecule has 3 heterocycles. The molecule has 2 unspecified atom stereocenters. The summed E-state index contributed by atoms with van der Waals surface area (Å²) in [6, 6.07) is 21.4. The summed E-state index contributed by atoms with van der Waals surface area (Å²) in [7, 11) is -2.17. The lowest BCUT2D eigenvalue weighted by molar-refractivity contribution is -0.162. The number of carbonyl (C=O) groups is 4. The van der Waals surface area contributed by atoms with Crippen molar-refractivity contribution in [3.05, 3.63) is 107 Å². The Bertz CT molecular complexity index is 1460. The van der Waals surface area contributed by atoms with E-state index < -0.39 is 62.4 Å². The molecule has 1 aromatic heterocycles. The first-order chi connectivity index (χ1) is 18.8. The minimum absolute atomic E-state index is 0.127. The molecule has 4 atom stereocenters. The lowest BCUT2D eigenvalue weighted by Gasteiger charge is -2.39. The highest BCUT2D eigenvalue weighted by atomic mass is 35.5. The van der Waals surface area contributed by atoms with E-state index in [0.717, 1.165) is 4.90 Å². The van der Waals surface area contributed by atoms with E-state index in [1.54, 1.807) is 72.9 Å². The van der Waals surface area contributed by atoms with Crippen LogP contribution in [0.3, 0.4) is 0 Å². The van der Waals surface area contributed by atoms with Crippen LogP contribution in [0.1, 0.15) is 29.8 Å². The molecule has 2 aliphatic rings. The summed E-state index contributed by atoms with van der Waals surface area (Å²) < 4.78 is 17.8. The molecule has 2 fully saturated rings. The number of amides is 1. The molecule has 1 amide bonds. The Balaban J connectivity index is 1.56. The number of esters is 1. The van der Waals surface area contributed by atoms with Gasteiger partial charge in [-0.3, -0.25) is 23.6 Å². The summed E-state index contributed by atoms with van der Waals surface area (Å²) in [5.74, 6) is -4.29. The number of alkyl halides is 1. The summed E-state index contributed by atoms with van der Waals surface area (Å²) in [6.07, 6.45) is 2.13. The molecule has 0 N–H and O–H groups in total. The molecule has 39 heavy (non-hydrogen) atoms. The van der Waals surface area contributed by atoms with E-state index in [9.17, 15) is 23.4 Å². The summed E-state index contributed by atoms with van der Waals surface area (Å²) in [6.45, 7) is 1.26. The quantitative estimate of drug-likeness (QED) is 0.136. The van der Waals surface area contributed by atoms with Crippen molar-refractivity contribution in [1.82, 2.24) is 9.88 Å². The fourth-order valence-corrected chi connectivity index (χ4v) is 7.07. The first-order valence-corrected chi connectivity index (χ1v) is 13.8. The normalized spacial score (nSPS) is 24.8. The summed E-state index contributed by atoms with van der Waals surface area (Å²) in [5, 5.41) is -1.10. The molecule has 0 aliphatic carbocycles. The van der Waals surface area contributed by atoms with Gasteiger partial charge in [-0.2, -0.15) is 0 Å². The third-order valence-electron chi connectivity index (χ3n) is 6.90. The van der Waals surface area contributed by atoms with Crippen molar-refractivity contribution in [2.24, 2.45) is 0 Å². The molecule has 3 aromatic rings. The van der Waals surface area contributed by atoms with Gasteiger partial charge in [0.1, 0.15) is 10.1 Å². The number of carbonyl (C=O) groups excluding carboxylic acids is 4. The fraction of sp³-hybridized carbons (Fsp3) is 0.207. The highest BCUT2D eigenvalue weighted by Crippen LogP contribution is 2.48. The molecular formula is C29H23ClN2O6S. The number of β-lactam (4-membered cyclic amide) rings is 1. The minimum Gasteiger partial charge on any atom is -0.451 e. The Kier molecular flexibility index (Phi) is 7.29. The van der Waals surface area contributed by atoms with Crippen LogP contribution in [0.5, 0.6) is 0 Å². The summed E-state index contributed by atoms with van der Waals surface area (Å²) in [5.41, 5.74) is 1.88.